The largest absolute Gasteiger partial charge is 0.396 e. The number of rotatable bonds is 5. The van der Waals surface area contributed by atoms with Crippen molar-refractivity contribution in [1.29, 1.82) is 0 Å². The van der Waals surface area contributed by atoms with E-state index >= 15 is 0 Å². The molecule has 0 bridgehead atoms. The molecule has 1 aromatic carbocycles. The lowest BCUT2D eigenvalue weighted by Crippen LogP contribution is -2.35. The Balaban J connectivity index is 1.96. The van der Waals surface area contributed by atoms with Gasteiger partial charge in [-0.1, -0.05) is 12.1 Å². The number of primary amides is 1. The van der Waals surface area contributed by atoms with Gasteiger partial charge in [-0.15, -0.1) is 0 Å². The summed E-state index contributed by atoms with van der Waals surface area (Å²) in [6, 6.07) is 7.53. The molecule has 0 spiro atoms. The summed E-state index contributed by atoms with van der Waals surface area (Å²) in [6.07, 6.45) is 3.27. The molecule has 1 heterocycles. The Morgan fingerprint density at radius 2 is 2.32 bits per heavy atom. The van der Waals surface area contributed by atoms with Crippen molar-refractivity contribution in [2.24, 2.45) is 11.7 Å². The van der Waals surface area contributed by atoms with Crippen molar-refractivity contribution < 1.29 is 9.90 Å². The van der Waals surface area contributed by atoms with E-state index in [4.69, 9.17) is 10.8 Å². The molecule has 19 heavy (non-hydrogen) atoms. The first kappa shape index (κ1) is 14.0. The van der Waals surface area contributed by atoms with E-state index in [1.54, 1.807) is 6.07 Å². The number of hydrogen-bond acceptors (Lipinski definition) is 3. The van der Waals surface area contributed by atoms with Crippen LogP contribution >= 0.6 is 0 Å². The maximum absolute atomic E-state index is 11.2. The van der Waals surface area contributed by atoms with E-state index < -0.39 is 0 Å². The Kier molecular flexibility index (Phi) is 4.93. The number of likely N-dealkylation sites (tertiary alicyclic amines) is 1. The molecule has 4 nitrogen and oxygen atoms in total. The zero-order chi connectivity index (χ0) is 13.7. The minimum absolute atomic E-state index is 0.273. The van der Waals surface area contributed by atoms with E-state index in [0.717, 1.165) is 31.6 Å². The predicted molar refractivity (Wildman–Crippen MR) is 74.7 cm³/mol. The van der Waals surface area contributed by atoms with Crippen LogP contribution in [0.1, 0.15) is 35.2 Å². The molecule has 0 saturated carbocycles. The number of carbonyl (C=O) groups is 1. The second-order valence-electron chi connectivity index (χ2n) is 5.32. The molecule has 0 radical (unpaired) electrons. The van der Waals surface area contributed by atoms with E-state index in [0.29, 0.717) is 11.5 Å². The van der Waals surface area contributed by atoms with Crippen molar-refractivity contribution in [2.45, 2.75) is 25.8 Å². The zero-order valence-corrected chi connectivity index (χ0v) is 11.2. The maximum Gasteiger partial charge on any atom is 0.248 e. The van der Waals surface area contributed by atoms with Gasteiger partial charge in [0.05, 0.1) is 0 Å². The molecule has 1 aliphatic heterocycles. The van der Waals surface area contributed by atoms with E-state index in [1.807, 2.05) is 18.2 Å². The summed E-state index contributed by atoms with van der Waals surface area (Å²) in [5.41, 5.74) is 6.99. The van der Waals surface area contributed by atoms with Gasteiger partial charge in [0.2, 0.25) is 5.91 Å². The highest BCUT2D eigenvalue weighted by Gasteiger charge is 2.19. The molecule has 104 valence electrons. The lowest BCUT2D eigenvalue weighted by Gasteiger charge is -2.32. The van der Waals surface area contributed by atoms with Crippen LogP contribution in [0, 0.1) is 5.92 Å². The van der Waals surface area contributed by atoms with E-state index in [2.05, 4.69) is 4.90 Å². The lowest BCUT2D eigenvalue weighted by atomic mass is 9.95. The van der Waals surface area contributed by atoms with Gasteiger partial charge in [-0.05, 0) is 49.4 Å². The van der Waals surface area contributed by atoms with Crippen molar-refractivity contribution in [3.05, 3.63) is 35.4 Å². The van der Waals surface area contributed by atoms with Gasteiger partial charge in [-0.2, -0.15) is 0 Å². The van der Waals surface area contributed by atoms with Gasteiger partial charge < -0.3 is 10.8 Å². The quantitative estimate of drug-likeness (QED) is 0.842. The first-order valence-electron chi connectivity index (χ1n) is 6.91. The summed E-state index contributed by atoms with van der Waals surface area (Å²) >= 11 is 0. The molecule has 0 aliphatic carbocycles. The second-order valence-corrected chi connectivity index (χ2v) is 5.32. The van der Waals surface area contributed by atoms with Crippen LogP contribution in [0.2, 0.25) is 0 Å². The average Bonchev–Trinajstić information content (AvgIpc) is 2.40. The molecular formula is C15H22N2O2. The lowest BCUT2D eigenvalue weighted by molar-refractivity contribution is 0.1000. The molecule has 4 heteroatoms. The number of aliphatic hydroxyl groups is 1. The normalized spacial score (nSPS) is 20.4. The third-order valence-electron chi connectivity index (χ3n) is 3.76. The number of carbonyl (C=O) groups excluding carboxylic acids is 1. The maximum atomic E-state index is 11.2. The molecule has 1 aromatic rings. The average molecular weight is 262 g/mol. The van der Waals surface area contributed by atoms with Crippen molar-refractivity contribution in [1.82, 2.24) is 4.90 Å². The molecule has 0 aromatic heterocycles. The van der Waals surface area contributed by atoms with Crippen LogP contribution in [-0.4, -0.2) is 35.6 Å². The van der Waals surface area contributed by atoms with Crippen LogP contribution in [0.5, 0.6) is 0 Å². The molecule has 1 atom stereocenters. The Morgan fingerprint density at radius 1 is 1.47 bits per heavy atom. The fraction of sp³-hybridized carbons (Fsp3) is 0.533. The standard InChI is InChI=1S/C15H22N2O2/c16-15(19)14-5-1-3-13(9-14)11-17-7-2-4-12(10-17)6-8-18/h1,3,5,9,12,18H,2,4,6-8,10-11H2,(H2,16,19). The summed E-state index contributed by atoms with van der Waals surface area (Å²) in [5, 5.41) is 9.02. The fourth-order valence-corrected chi connectivity index (χ4v) is 2.79. The third-order valence-corrected chi connectivity index (χ3v) is 3.76. The first-order valence-corrected chi connectivity index (χ1v) is 6.91. The van der Waals surface area contributed by atoms with Crippen LogP contribution < -0.4 is 5.73 Å². The number of hydrogen-bond donors (Lipinski definition) is 2. The summed E-state index contributed by atoms with van der Waals surface area (Å²) in [6.45, 7) is 3.24. The van der Waals surface area contributed by atoms with Crippen molar-refractivity contribution in [3.8, 4) is 0 Å². The van der Waals surface area contributed by atoms with Gasteiger partial charge in [0, 0.05) is 25.3 Å². The molecule has 3 N–H and O–H groups in total. The summed E-state index contributed by atoms with van der Waals surface area (Å²) in [5.74, 6) is 0.219. The molecule has 1 amide bonds. The fourth-order valence-electron chi connectivity index (χ4n) is 2.79. The van der Waals surface area contributed by atoms with Crippen LogP contribution in [0.3, 0.4) is 0 Å². The summed E-state index contributed by atoms with van der Waals surface area (Å²) in [7, 11) is 0. The molecule has 1 aliphatic rings. The smallest absolute Gasteiger partial charge is 0.248 e. The van der Waals surface area contributed by atoms with Gasteiger partial charge in [0.1, 0.15) is 0 Å². The SMILES string of the molecule is NC(=O)c1cccc(CN2CCCC(CCO)C2)c1. The highest BCUT2D eigenvalue weighted by molar-refractivity contribution is 5.92. The van der Waals surface area contributed by atoms with Crippen LogP contribution in [0.25, 0.3) is 0 Å². The number of aliphatic hydroxyl groups excluding tert-OH is 1. The number of nitrogens with two attached hydrogens (primary N) is 1. The number of nitrogens with zero attached hydrogens (tertiary/aromatic N) is 1. The molecular weight excluding hydrogens is 240 g/mol. The van der Waals surface area contributed by atoms with Crippen LogP contribution in [0.15, 0.2) is 24.3 Å². The number of amides is 1. The van der Waals surface area contributed by atoms with Crippen LogP contribution in [0.4, 0.5) is 0 Å². The summed E-state index contributed by atoms with van der Waals surface area (Å²) < 4.78 is 0. The van der Waals surface area contributed by atoms with Gasteiger partial charge in [0.15, 0.2) is 0 Å². The zero-order valence-electron chi connectivity index (χ0n) is 11.2. The topological polar surface area (TPSA) is 66.6 Å². The molecule has 1 saturated heterocycles. The predicted octanol–water partition coefficient (Wildman–Crippen LogP) is 1.38. The third kappa shape index (κ3) is 4.04. The van der Waals surface area contributed by atoms with Crippen molar-refractivity contribution in [2.75, 3.05) is 19.7 Å². The van der Waals surface area contributed by atoms with Gasteiger partial charge in [-0.25, -0.2) is 0 Å². The van der Waals surface area contributed by atoms with Gasteiger partial charge in [0.25, 0.3) is 0 Å². The number of piperidine rings is 1. The van der Waals surface area contributed by atoms with E-state index in [9.17, 15) is 4.79 Å². The minimum atomic E-state index is -0.376. The Labute approximate surface area is 114 Å². The van der Waals surface area contributed by atoms with Crippen LogP contribution in [-0.2, 0) is 6.54 Å². The molecule has 1 unspecified atom stereocenters. The highest BCUT2D eigenvalue weighted by atomic mass is 16.3. The van der Waals surface area contributed by atoms with Gasteiger partial charge >= 0.3 is 0 Å². The Hall–Kier alpha value is -1.39. The molecule has 1 fully saturated rings. The first-order chi connectivity index (χ1) is 9.19. The Bertz CT molecular complexity index is 432. The molecule has 2 rings (SSSR count). The van der Waals surface area contributed by atoms with Crippen molar-refractivity contribution >= 4 is 5.91 Å². The van der Waals surface area contributed by atoms with Gasteiger partial charge in [-0.3, -0.25) is 9.69 Å². The monoisotopic (exact) mass is 262 g/mol. The van der Waals surface area contributed by atoms with Crippen molar-refractivity contribution in [3.63, 3.8) is 0 Å². The second kappa shape index (κ2) is 6.68. The highest BCUT2D eigenvalue weighted by Crippen LogP contribution is 2.21. The Morgan fingerprint density at radius 3 is 3.05 bits per heavy atom. The summed E-state index contributed by atoms with van der Waals surface area (Å²) in [4.78, 5) is 13.6. The number of benzene rings is 1. The van der Waals surface area contributed by atoms with E-state index in [1.165, 1.54) is 12.8 Å². The van der Waals surface area contributed by atoms with E-state index in [-0.39, 0.29) is 12.5 Å². The minimum Gasteiger partial charge on any atom is -0.396 e.